The van der Waals surface area contributed by atoms with Gasteiger partial charge in [-0.25, -0.2) is 0 Å². The van der Waals surface area contributed by atoms with Crippen LogP contribution in [0.4, 0.5) is 0 Å². The predicted molar refractivity (Wildman–Crippen MR) is 62.0 cm³/mol. The minimum Gasteiger partial charge on any atom is -0.328 e. The molecular formula is C9H15ClN4S. The first-order valence-electron chi connectivity index (χ1n) is 5.11. The Labute approximate surface area is 98.4 Å². The molecule has 1 saturated heterocycles. The van der Waals surface area contributed by atoms with E-state index in [0.29, 0.717) is 10.4 Å². The minimum absolute atomic E-state index is 0.285. The van der Waals surface area contributed by atoms with Gasteiger partial charge in [-0.05, 0) is 37.4 Å². The Balaban J connectivity index is 1.87. The van der Waals surface area contributed by atoms with Crippen LogP contribution >= 0.6 is 22.9 Å². The number of nitrogens with two attached hydrogens (primary N) is 1. The fourth-order valence-corrected chi connectivity index (χ4v) is 2.83. The summed E-state index contributed by atoms with van der Waals surface area (Å²) < 4.78 is 0.521. The molecule has 1 aliphatic heterocycles. The third-order valence-corrected chi connectivity index (χ3v) is 3.86. The molecule has 0 aromatic carbocycles. The molecule has 1 aromatic rings. The Morgan fingerprint density at radius 3 is 3.00 bits per heavy atom. The number of hydrogen-bond donors (Lipinski definition) is 1. The molecule has 6 heteroatoms. The fourth-order valence-electron chi connectivity index (χ4n) is 1.92. The Morgan fingerprint density at radius 1 is 1.67 bits per heavy atom. The van der Waals surface area contributed by atoms with E-state index in [4.69, 9.17) is 17.3 Å². The number of aromatic nitrogens is 2. The molecule has 1 fully saturated rings. The summed E-state index contributed by atoms with van der Waals surface area (Å²) in [5.74, 6) is 0.619. The summed E-state index contributed by atoms with van der Waals surface area (Å²) in [6.07, 6.45) is 1.18. The molecule has 15 heavy (non-hydrogen) atoms. The van der Waals surface area contributed by atoms with E-state index in [0.717, 1.165) is 24.6 Å². The molecular weight excluding hydrogens is 232 g/mol. The van der Waals surface area contributed by atoms with Gasteiger partial charge in [-0.15, -0.1) is 10.2 Å². The van der Waals surface area contributed by atoms with Crippen LogP contribution in [0.3, 0.4) is 0 Å². The van der Waals surface area contributed by atoms with Crippen LogP contribution in [0.25, 0.3) is 0 Å². The van der Waals surface area contributed by atoms with Crippen LogP contribution in [0, 0.1) is 5.92 Å². The largest absolute Gasteiger partial charge is 0.328 e. The second-order valence-electron chi connectivity index (χ2n) is 4.09. The Hall–Kier alpha value is -0.230. The highest BCUT2D eigenvalue weighted by atomic mass is 35.5. The summed E-state index contributed by atoms with van der Waals surface area (Å²) in [5.41, 5.74) is 5.88. The van der Waals surface area contributed by atoms with Crippen molar-refractivity contribution in [1.82, 2.24) is 15.1 Å². The Morgan fingerprint density at radius 2 is 2.47 bits per heavy atom. The van der Waals surface area contributed by atoms with Crippen LogP contribution < -0.4 is 5.73 Å². The first kappa shape index (κ1) is 11.3. The summed E-state index contributed by atoms with van der Waals surface area (Å²) in [4.78, 5) is 2.37. The second-order valence-corrected chi connectivity index (χ2v) is 5.74. The van der Waals surface area contributed by atoms with E-state index in [1.165, 1.54) is 17.8 Å². The first-order chi connectivity index (χ1) is 7.15. The van der Waals surface area contributed by atoms with E-state index < -0.39 is 0 Å². The molecule has 0 radical (unpaired) electrons. The van der Waals surface area contributed by atoms with Gasteiger partial charge in [0, 0.05) is 12.6 Å². The summed E-state index contributed by atoms with van der Waals surface area (Å²) in [6, 6.07) is 0.285. The zero-order valence-electron chi connectivity index (χ0n) is 8.69. The third kappa shape index (κ3) is 2.87. The highest BCUT2D eigenvalue weighted by molar-refractivity contribution is 7.15. The first-order valence-corrected chi connectivity index (χ1v) is 6.30. The molecule has 0 saturated carbocycles. The van der Waals surface area contributed by atoms with Gasteiger partial charge in [-0.2, -0.15) is 0 Å². The molecule has 2 rings (SSSR count). The van der Waals surface area contributed by atoms with Crippen molar-refractivity contribution >= 4 is 22.9 Å². The lowest BCUT2D eigenvalue weighted by atomic mass is 10.0. The highest BCUT2D eigenvalue weighted by Gasteiger charge is 2.25. The number of nitrogens with zero attached hydrogens (tertiary/aromatic N) is 3. The maximum Gasteiger partial charge on any atom is 0.207 e. The molecule has 0 spiro atoms. The summed E-state index contributed by atoms with van der Waals surface area (Å²) >= 11 is 7.19. The maximum absolute atomic E-state index is 5.88. The quantitative estimate of drug-likeness (QED) is 0.875. The third-order valence-electron chi connectivity index (χ3n) is 2.85. The Bertz CT molecular complexity index is 328. The zero-order valence-corrected chi connectivity index (χ0v) is 10.3. The van der Waals surface area contributed by atoms with Gasteiger partial charge in [-0.3, -0.25) is 4.90 Å². The molecule has 0 amide bonds. The van der Waals surface area contributed by atoms with Gasteiger partial charge < -0.3 is 5.73 Å². The summed E-state index contributed by atoms with van der Waals surface area (Å²) in [7, 11) is 0. The van der Waals surface area contributed by atoms with Crippen LogP contribution in [0.5, 0.6) is 0 Å². The maximum atomic E-state index is 5.88. The van der Waals surface area contributed by atoms with Gasteiger partial charge in [0.15, 0.2) is 0 Å². The molecule has 4 nitrogen and oxygen atoms in total. The van der Waals surface area contributed by atoms with Crippen molar-refractivity contribution in [3.63, 3.8) is 0 Å². The number of halogens is 1. The van der Waals surface area contributed by atoms with Gasteiger partial charge in [0.05, 0.1) is 6.54 Å². The SMILES string of the molecule is CC(N)C1CCN(Cc2nnc(Cl)s2)C1. The van der Waals surface area contributed by atoms with Crippen molar-refractivity contribution in [2.24, 2.45) is 11.7 Å². The topological polar surface area (TPSA) is 55.0 Å². The normalized spacial score (nSPS) is 24.6. The summed E-state index contributed by atoms with van der Waals surface area (Å²) in [6.45, 7) is 5.10. The predicted octanol–water partition coefficient (Wildman–Crippen LogP) is 1.36. The summed E-state index contributed by atoms with van der Waals surface area (Å²) in [5, 5.41) is 8.80. The number of rotatable bonds is 3. The lowest BCUT2D eigenvalue weighted by Crippen LogP contribution is -2.29. The van der Waals surface area contributed by atoms with Crippen molar-refractivity contribution in [1.29, 1.82) is 0 Å². The van der Waals surface area contributed by atoms with Gasteiger partial charge in [0.2, 0.25) is 4.47 Å². The number of likely N-dealkylation sites (tertiary alicyclic amines) is 1. The highest BCUT2D eigenvalue weighted by Crippen LogP contribution is 2.22. The molecule has 1 aromatic heterocycles. The standard InChI is InChI=1S/C9H15ClN4S/c1-6(11)7-2-3-14(4-7)5-8-12-13-9(10)15-8/h6-7H,2-5,11H2,1H3. The van der Waals surface area contributed by atoms with Crippen LogP contribution in [0.2, 0.25) is 4.47 Å². The molecule has 2 atom stereocenters. The van der Waals surface area contributed by atoms with Gasteiger partial charge in [0.25, 0.3) is 0 Å². The van der Waals surface area contributed by atoms with Gasteiger partial charge in [-0.1, -0.05) is 11.3 Å². The molecule has 2 N–H and O–H groups in total. The zero-order chi connectivity index (χ0) is 10.8. The van der Waals surface area contributed by atoms with E-state index in [2.05, 4.69) is 22.0 Å². The van der Waals surface area contributed by atoms with E-state index in [1.807, 2.05) is 0 Å². The van der Waals surface area contributed by atoms with E-state index >= 15 is 0 Å². The molecule has 84 valence electrons. The molecule has 0 bridgehead atoms. The second kappa shape index (κ2) is 4.74. The van der Waals surface area contributed by atoms with E-state index in [-0.39, 0.29) is 6.04 Å². The average Bonchev–Trinajstić information content (AvgIpc) is 2.76. The monoisotopic (exact) mass is 246 g/mol. The fraction of sp³-hybridized carbons (Fsp3) is 0.778. The molecule has 2 heterocycles. The van der Waals surface area contributed by atoms with Crippen molar-refractivity contribution in [3.05, 3.63) is 9.47 Å². The van der Waals surface area contributed by atoms with Crippen molar-refractivity contribution < 1.29 is 0 Å². The molecule has 1 aliphatic rings. The van der Waals surface area contributed by atoms with Gasteiger partial charge in [0.1, 0.15) is 5.01 Å². The van der Waals surface area contributed by atoms with E-state index in [9.17, 15) is 0 Å². The van der Waals surface area contributed by atoms with Gasteiger partial charge >= 0.3 is 0 Å². The van der Waals surface area contributed by atoms with Crippen molar-refractivity contribution in [2.45, 2.75) is 25.9 Å². The van der Waals surface area contributed by atoms with Crippen LogP contribution in [0.15, 0.2) is 0 Å². The Kier molecular flexibility index (Phi) is 3.56. The lowest BCUT2D eigenvalue weighted by Gasteiger charge is -2.16. The smallest absolute Gasteiger partial charge is 0.207 e. The van der Waals surface area contributed by atoms with Crippen LogP contribution in [0.1, 0.15) is 18.4 Å². The van der Waals surface area contributed by atoms with Crippen molar-refractivity contribution in [3.8, 4) is 0 Å². The minimum atomic E-state index is 0.285. The average molecular weight is 247 g/mol. The van der Waals surface area contributed by atoms with Crippen molar-refractivity contribution in [2.75, 3.05) is 13.1 Å². The van der Waals surface area contributed by atoms with E-state index in [1.54, 1.807) is 0 Å². The molecule has 0 aliphatic carbocycles. The lowest BCUT2D eigenvalue weighted by molar-refractivity contribution is 0.307. The number of hydrogen-bond acceptors (Lipinski definition) is 5. The van der Waals surface area contributed by atoms with Crippen LogP contribution in [-0.4, -0.2) is 34.2 Å². The van der Waals surface area contributed by atoms with Crippen LogP contribution in [-0.2, 0) is 6.54 Å². The molecule has 2 unspecified atom stereocenters.